The molecule has 0 heterocycles. The Hall–Kier alpha value is -2.60. The minimum absolute atomic E-state index is 0.367. The third-order valence-electron chi connectivity index (χ3n) is 3.04. The first-order chi connectivity index (χ1) is 8.75. The van der Waals surface area contributed by atoms with E-state index in [1.807, 2.05) is 18.2 Å². The standard InChI is InChI=1S/C14H10O2.CHN/c15-14(16)10-5-6-13-11(8-10)7-9-3-1-2-4-12(9)13;1-2/h1-6,8H,7H2,(H,15,16);1H. The van der Waals surface area contributed by atoms with E-state index in [2.05, 4.69) is 18.7 Å². The summed E-state index contributed by atoms with van der Waals surface area (Å²) in [7, 11) is 0. The Balaban J connectivity index is 0.000000574. The highest BCUT2D eigenvalue weighted by Gasteiger charge is 2.18. The molecule has 0 spiro atoms. The van der Waals surface area contributed by atoms with Gasteiger partial charge in [-0.05, 0) is 40.8 Å². The normalized spacial score (nSPS) is 10.8. The molecule has 0 aromatic heterocycles. The molecule has 3 rings (SSSR count). The smallest absolute Gasteiger partial charge is 0.335 e. The van der Waals surface area contributed by atoms with Crippen molar-refractivity contribution in [3.8, 4) is 17.7 Å². The number of fused-ring (bicyclic) bond motifs is 3. The van der Waals surface area contributed by atoms with Crippen molar-refractivity contribution >= 4 is 5.97 Å². The van der Waals surface area contributed by atoms with Gasteiger partial charge in [0.25, 0.3) is 0 Å². The zero-order valence-corrected chi connectivity index (χ0v) is 9.63. The van der Waals surface area contributed by atoms with Crippen LogP contribution in [-0.2, 0) is 6.42 Å². The molecule has 0 bridgehead atoms. The van der Waals surface area contributed by atoms with Gasteiger partial charge in [-0.1, -0.05) is 30.3 Å². The van der Waals surface area contributed by atoms with E-state index in [4.69, 9.17) is 10.4 Å². The molecule has 3 nitrogen and oxygen atoms in total. The van der Waals surface area contributed by atoms with Gasteiger partial charge in [-0.3, -0.25) is 0 Å². The van der Waals surface area contributed by atoms with Crippen LogP contribution in [0.5, 0.6) is 0 Å². The van der Waals surface area contributed by atoms with Crippen molar-refractivity contribution in [2.45, 2.75) is 6.42 Å². The summed E-state index contributed by atoms with van der Waals surface area (Å²) in [5.74, 6) is -0.862. The quantitative estimate of drug-likeness (QED) is 0.707. The van der Waals surface area contributed by atoms with Crippen molar-refractivity contribution in [1.29, 1.82) is 5.26 Å². The molecular weight excluding hydrogens is 226 g/mol. The minimum Gasteiger partial charge on any atom is -0.478 e. The van der Waals surface area contributed by atoms with Gasteiger partial charge in [-0.25, -0.2) is 10.1 Å². The molecule has 1 aliphatic carbocycles. The van der Waals surface area contributed by atoms with Gasteiger partial charge in [0.15, 0.2) is 0 Å². The summed E-state index contributed by atoms with van der Waals surface area (Å²) in [6.07, 6.45) is 0.840. The van der Waals surface area contributed by atoms with Gasteiger partial charge in [-0.15, -0.1) is 0 Å². The zero-order chi connectivity index (χ0) is 13.1. The molecule has 0 fully saturated rings. The van der Waals surface area contributed by atoms with Gasteiger partial charge < -0.3 is 5.11 Å². The molecule has 0 saturated carbocycles. The Morgan fingerprint density at radius 2 is 1.72 bits per heavy atom. The first-order valence-corrected chi connectivity index (χ1v) is 5.46. The number of carboxylic acids is 1. The molecule has 0 unspecified atom stereocenters. The fourth-order valence-corrected chi connectivity index (χ4v) is 2.28. The van der Waals surface area contributed by atoms with Gasteiger partial charge >= 0.3 is 5.97 Å². The second kappa shape index (κ2) is 4.72. The lowest BCUT2D eigenvalue weighted by atomic mass is 10.0. The zero-order valence-electron chi connectivity index (χ0n) is 9.63. The van der Waals surface area contributed by atoms with Crippen molar-refractivity contribution in [3.63, 3.8) is 0 Å². The molecule has 0 atom stereocenters. The van der Waals surface area contributed by atoms with Crippen LogP contribution in [0.25, 0.3) is 11.1 Å². The van der Waals surface area contributed by atoms with Crippen molar-refractivity contribution in [1.82, 2.24) is 0 Å². The molecule has 0 radical (unpaired) electrons. The molecule has 88 valence electrons. The molecule has 1 aliphatic rings. The number of carbonyl (C=O) groups is 1. The van der Waals surface area contributed by atoms with E-state index in [0.717, 1.165) is 12.0 Å². The summed E-state index contributed by atoms with van der Waals surface area (Å²) in [6.45, 7) is 3.50. The van der Waals surface area contributed by atoms with Gasteiger partial charge in [-0.2, -0.15) is 0 Å². The highest BCUT2D eigenvalue weighted by atomic mass is 16.4. The average molecular weight is 237 g/mol. The lowest BCUT2D eigenvalue weighted by molar-refractivity contribution is 0.0697. The number of nitriles is 1. The molecule has 2 aromatic rings. The number of benzene rings is 2. The SMILES string of the molecule is C#N.O=C(O)c1ccc2c(c1)Cc1ccccc1-2. The lowest BCUT2D eigenvalue weighted by Gasteiger charge is -2.01. The van der Waals surface area contributed by atoms with Crippen molar-refractivity contribution in [3.05, 3.63) is 59.2 Å². The molecule has 1 N–H and O–H groups in total. The van der Waals surface area contributed by atoms with Crippen LogP contribution in [0.4, 0.5) is 0 Å². The van der Waals surface area contributed by atoms with Crippen LogP contribution in [-0.4, -0.2) is 11.1 Å². The maximum Gasteiger partial charge on any atom is 0.335 e. The number of hydrogen-bond acceptors (Lipinski definition) is 2. The summed E-state index contributed by atoms with van der Waals surface area (Å²) >= 11 is 0. The molecule has 18 heavy (non-hydrogen) atoms. The minimum atomic E-state index is -0.862. The number of nitrogens with zero attached hydrogens (tertiary/aromatic N) is 1. The van der Waals surface area contributed by atoms with Gasteiger partial charge in [0, 0.05) is 6.57 Å². The van der Waals surface area contributed by atoms with Crippen molar-refractivity contribution < 1.29 is 9.90 Å². The van der Waals surface area contributed by atoms with Crippen molar-refractivity contribution in [2.75, 3.05) is 0 Å². The maximum absolute atomic E-state index is 10.9. The molecule has 0 saturated heterocycles. The number of hydrogen-bond donors (Lipinski definition) is 1. The van der Waals surface area contributed by atoms with E-state index < -0.39 is 5.97 Å². The Labute approximate surface area is 105 Å². The van der Waals surface area contributed by atoms with Crippen molar-refractivity contribution in [2.24, 2.45) is 0 Å². The molecule has 2 aromatic carbocycles. The Morgan fingerprint density at radius 3 is 2.44 bits per heavy atom. The van der Waals surface area contributed by atoms with E-state index in [1.54, 1.807) is 12.1 Å². The third-order valence-corrected chi connectivity index (χ3v) is 3.04. The van der Waals surface area contributed by atoms with Crippen LogP contribution in [0.2, 0.25) is 0 Å². The number of carboxylic acid groups (broad SMARTS) is 1. The van der Waals surface area contributed by atoms with E-state index in [9.17, 15) is 4.79 Å². The molecular formula is C15H11NO2. The van der Waals surface area contributed by atoms with E-state index in [0.29, 0.717) is 5.56 Å². The topological polar surface area (TPSA) is 61.1 Å². The third kappa shape index (κ3) is 1.85. The summed E-state index contributed by atoms with van der Waals surface area (Å²) in [6, 6.07) is 13.6. The van der Waals surface area contributed by atoms with Gasteiger partial charge in [0.1, 0.15) is 0 Å². The van der Waals surface area contributed by atoms with E-state index in [1.165, 1.54) is 16.7 Å². The highest BCUT2D eigenvalue weighted by molar-refractivity contribution is 5.90. The fraction of sp³-hybridized carbons (Fsp3) is 0.0667. The molecule has 0 aliphatic heterocycles. The second-order valence-corrected chi connectivity index (χ2v) is 4.01. The first-order valence-electron chi connectivity index (χ1n) is 5.46. The fourth-order valence-electron chi connectivity index (χ4n) is 2.28. The van der Waals surface area contributed by atoms with Gasteiger partial charge in [0.2, 0.25) is 0 Å². The van der Waals surface area contributed by atoms with Crippen LogP contribution in [0.1, 0.15) is 21.5 Å². The highest BCUT2D eigenvalue weighted by Crippen LogP contribution is 2.36. The monoisotopic (exact) mass is 237 g/mol. The Morgan fingerprint density at radius 1 is 1.06 bits per heavy atom. The van der Waals surface area contributed by atoms with Crippen LogP contribution < -0.4 is 0 Å². The summed E-state index contributed by atoms with van der Waals surface area (Å²) < 4.78 is 0. The summed E-state index contributed by atoms with van der Waals surface area (Å²) in [5, 5.41) is 15.4. The predicted molar refractivity (Wildman–Crippen MR) is 68.3 cm³/mol. The Kier molecular flexibility index (Phi) is 3.11. The summed E-state index contributed by atoms with van der Waals surface area (Å²) in [4.78, 5) is 10.9. The number of aromatic carboxylic acids is 1. The lowest BCUT2D eigenvalue weighted by Crippen LogP contribution is -1.96. The average Bonchev–Trinajstić information content (AvgIpc) is 2.78. The summed E-state index contributed by atoms with van der Waals surface area (Å²) in [5.41, 5.74) is 5.16. The first kappa shape index (κ1) is 11.9. The number of rotatable bonds is 1. The maximum atomic E-state index is 10.9. The van der Waals surface area contributed by atoms with Crippen LogP contribution in [0.15, 0.2) is 42.5 Å². The van der Waals surface area contributed by atoms with Crippen LogP contribution in [0.3, 0.4) is 0 Å². The second-order valence-electron chi connectivity index (χ2n) is 4.01. The predicted octanol–water partition coefficient (Wildman–Crippen LogP) is 3.10. The Bertz CT molecular complexity index is 629. The molecule has 3 heteroatoms. The molecule has 0 amide bonds. The van der Waals surface area contributed by atoms with Crippen LogP contribution >= 0.6 is 0 Å². The van der Waals surface area contributed by atoms with Crippen LogP contribution in [0, 0.1) is 11.8 Å². The van der Waals surface area contributed by atoms with Gasteiger partial charge in [0.05, 0.1) is 5.56 Å². The van der Waals surface area contributed by atoms with E-state index >= 15 is 0 Å². The largest absolute Gasteiger partial charge is 0.478 e. The van der Waals surface area contributed by atoms with E-state index in [-0.39, 0.29) is 0 Å².